The minimum atomic E-state index is -4.80. The van der Waals surface area contributed by atoms with E-state index >= 15 is 0 Å². The highest BCUT2D eigenvalue weighted by molar-refractivity contribution is 5.38. The monoisotopic (exact) mass is 269 g/mol. The SMILES string of the molecule is NC1CC1c1cc(C(F)(F)F)cc(C(F)(F)F)c1. The summed E-state index contributed by atoms with van der Waals surface area (Å²) in [5.74, 6) is -0.409. The third-order valence-corrected chi connectivity index (χ3v) is 2.88. The Balaban J connectivity index is 2.49. The summed E-state index contributed by atoms with van der Waals surface area (Å²) in [5.41, 5.74) is 2.89. The summed E-state index contributed by atoms with van der Waals surface area (Å²) < 4.78 is 75.1. The molecular weight excluding hydrogens is 260 g/mol. The van der Waals surface area contributed by atoms with E-state index in [4.69, 9.17) is 5.73 Å². The van der Waals surface area contributed by atoms with Crippen molar-refractivity contribution in [2.75, 3.05) is 0 Å². The Kier molecular flexibility index (Phi) is 2.84. The highest BCUT2D eigenvalue weighted by Crippen LogP contribution is 2.43. The summed E-state index contributed by atoms with van der Waals surface area (Å²) >= 11 is 0. The zero-order chi connectivity index (χ0) is 13.7. The van der Waals surface area contributed by atoms with Gasteiger partial charge in [0.15, 0.2) is 0 Å². The zero-order valence-corrected chi connectivity index (χ0v) is 8.94. The highest BCUT2D eigenvalue weighted by Gasteiger charge is 2.41. The maximum absolute atomic E-state index is 12.5. The third-order valence-electron chi connectivity index (χ3n) is 2.88. The molecule has 1 aromatic rings. The molecule has 7 heteroatoms. The van der Waals surface area contributed by atoms with E-state index in [0.29, 0.717) is 6.42 Å². The predicted molar refractivity (Wildman–Crippen MR) is 51.8 cm³/mol. The summed E-state index contributed by atoms with van der Waals surface area (Å²) in [6, 6.07) is 1.26. The lowest BCUT2D eigenvalue weighted by molar-refractivity contribution is -0.143. The molecule has 0 radical (unpaired) electrons. The van der Waals surface area contributed by atoms with Crippen LogP contribution in [0.5, 0.6) is 0 Å². The van der Waals surface area contributed by atoms with Crippen molar-refractivity contribution in [1.82, 2.24) is 0 Å². The van der Waals surface area contributed by atoms with E-state index in [2.05, 4.69) is 0 Å². The van der Waals surface area contributed by atoms with Crippen LogP contribution in [0.15, 0.2) is 18.2 Å². The first-order chi connectivity index (χ1) is 8.09. The number of alkyl halides is 6. The molecule has 0 spiro atoms. The van der Waals surface area contributed by atoms with E-state index in [1.54, 1.807) is 0 Å². The van der Waals surface area contributed by atoms with Crippen LogP contribution < -0.4 is 5.73 Å². The maximum Gasteiger partial charge on any atom is 0.416 e. The smallest absolute Gasteiger partial charge is 0.327 e. The molecule has 2 atom stereocenters. The molecule has 1 fully saturated rings. The van der Waals surface area contributed by atoms with Crippen LogP contribution in [0.3, 0.4) is 0 Å². The van der Waals surface area contributed by atoms with Gasteiger partial charge in [0.1, 0.15) is 0 Å². The maximum atomic E-state index is 12.5. The average molecular weight is 269 g/mol. The first kappa shape index (κ1) is 13.2. The van der Waals surface area contributed by atoms with Crippen molar-refractivity contribution in [3.63, 3.8) is 0 Å². The van der Waals surface area contributed by atoms with Gasteiger partial charge in [-0.25, -0.2) is 0 Å². The molecule has 2 unspecified atom stereocenters. The first-order valence-corrected chi connectivity index (χ1v) is 5.14. The van der Waals surface area contributed by atoms with Gasteiger partial charge in [0.05, 0.1) is 11.1 Å². The Labute approximate surface area is 98.6 Å². The van der Waals surface area contributed by atoms with Crippen LogP contribution in [0.4, 0.5) is 26.3 Å². The topological polar surface area (TPSA) is 26.0 Å². The van der Waals surface area contributed by atoms with E-state index in [0.717, 1.165) is 12.1 Å². The zero-order valence-electron chi connectivity index (χ0n) is 8.94. The molecule has 1 nitrogen and oxygen atoms in total. The van der Waals surface area contributed by atoms with Gasteiger partial charge < -0.3 is 5.73 Å². The summed E-state index contributed by atoms with van der Waals surface area (Å²) in [5, 5.41) is 0. The second kappa shape index (κ2) is 3.88. The van der Waals surface area contributed by atoms with Crippen molar-refractivity contribution >= 4 is 0 Å². The van der Waals surface area contributed by atoms with Crippen molar-refractivity contribution < 1.29 is 26.3 Å². The number of hydrogen-bond donors (Lipinski definition) is 1. The molecule has 0 aliphatic heterocycles. The third kappa shape index (κ3) is 2.60. The summed E-state index contributed by atoms with van der Waals surface area (Å²) in [7, 11) is 0. The van der Waals surface area contributed by atoms with Gasteiger partial charge >= 0.3 is 12.4 Å². The number of hydrogen-bond acceptors (Lipinski definition) is 1. The molecule has 1 aliphatic rings. The fraction of sp³-hybridized carbons (Fsp3) is 0.455. The second-order valence-electron chi connectivity index (χ2n) is 4.35. The van der Waals surface area contributed by atoms with Gasteiger partial charge in [-0.2, -0.15) is 26.3 Å². The Bertz CT molecular complexity index is 429. The predicted octanol–water partition coefficient (Wildman–Crippen LogP) is 3.54. The molecule has 100 valence electrons. The highest BCUT2D eigenvalue weighted by atomic mass is 19.4. The lowest BCUT2D eigenvalue weighted by atomic mass is 10.0. The molecule has 1 aliphatic carbocycles. The van der Waals surface area contributed by atoms with Crippen molar-refractivity contribution in [3.8, 4) is 0 Å². The minimum absolute atomic E-state index is 0.00431. The largest absolute Gasteiger partial charge is 0.416 e. The van der Waals surface area contributed by atoms with Gasteiger partial charge in [-0.05, 0) is 30.2 Å². The van der Waals surface area contributed by atoms with Gasteiger partial charge in [0.25, 0.3) is 0 Å². The van der Waals surface area contributed by atoms with Crippen molar-refractivity contribution in [3.05, 3.63) is 34.9 Å². The van der Waals surface area contributed by atoms with E-state index in [1.165, 1.54) is 0 Å². The number of benzene rings is 1. The fourth-order valence-corrected chi connectivity index (χ4v) is 1.79. The summed E-state index contributed by atoms with van der Waals surface area (Å²) in [6.45, 7) is 0. The number of nitrogens with two attached hydrogens (primary N) is 1. The Morgan fingerprint density at radius 3 is 1.56 bits per heavy atom. The van der Waals surface area contributed by atoms with Crippen molar-refractivity contribution in [2.24, 2.45) is 5.73 Å². The van der Waals surface area contributed by atoms with Crippen molar-refractivity contribution in [2.45, 2.75) is 30.7 Å². The van der Waals surface area contributed by atoms with Crippen LogP contribution in [0.2, 0.25) is 0 Å². The molecule has 0 bridgehead atoms. The Morgan fingerprint density at radius 1 is 0.889 bits per heavy atom. The number of rotatable bonds is 1. The standard InChI is InChI=1S/C11H9F6N/c12-10(13,14)6-1-5(8-4-9(8)18)2-7(3-6)11(15,16)17/h1-3,8-9H,4,18H2. The van der Waals surface area contributed by atoms with Gasteiger partial charge in [0, 0.05) is 12.0 Å². The molecule has 1 saturated carbocycles. The number of halogens is 6. The van der Waals surface area contributed by atoms with Gasteiger partial charge in [-0.1, -0.05) is 0 Å². The van der Waals surface area contributed by atoms with Gasteiger partial charge in [-0.3, -0.25) is 0 Å². The fourth-order valence-electron chi connectivity index (χ4n) is 1.79. The summed E-state index contributed by atoms with van der Waals surface area (Å²) in [4.78, 5) is 0. The van der Waals surface area contributed by atoms with Crippen LogP contribution >= 0.6 is 0 Å². The van der Waals surface area contributed by atoms with E-state index < -0.39 is 29.4 Å². The van der Waals surface area contributed by atoms with Gasteiger partial charge in [0.2, 0.25) is 0 Å². The van der Waals surface area contributed by atoms with Crippen LogP contribution in [0.1, 0.15) is 29.0 Å². The molecule has 0 saturated heterocycles. The van der Waals surface area contributed by atoms with Gasteiger partial charge in [-0.15, -0.1) is 0 Å². The molecule has 2 N–H and O–H groups in total. The lowest BCUT2D eigenvalue weighted by Crippen LogP contribution is -2.12. The Morgan fingerprint density at radius 2 is 1.28 bits per heavy atom. The van der Waals surface area contributed by atoms with Crippen LogP contribution in [-0.4, -0.2) is 6.04 Å². The van der Waals surface area contributed by atoms with Crippen LogP contribution in [0, 0.1) is 0 Å². The quantitative estimate of drug-likeness (QED) is 0.775. The molecule has 18 heavy (non-hydrogen) atoms. The van der Waals surface area contributed by atoms with E-state index in [9.17, 15) is 26.3 Å². The van der Waals surface area contributed by atoms with Crippen LogP contribution in [0.25, 0.3) is 0 Å². The van der Waals surface area contributed by atoms with E-state index in [-0.39, 0.29) is 17.7 Å². The molecular formula is C11H9F6N. The lowest BCUT2D eigenvalue weighted by Gasteiger charge is -2.14. The van der Waals surface area contributed by atoms with Crippen molar-refractivity contribution in [1.29, 1.82) is 0 Å². The molecule has 0 heterocycles. The van der Waals surface area contributed by atoms with Crippen LogP contribution in [-0.2, 0) is 12.4 Å². The summed E-state index contributed by atoms with van der Waals surface area (Å²) in [6.07, 6.45) is -9.18. The van der Waals surface area contributed by atoms with E-state index in [1.807, 2.05) is 0 Å². The molecule has 1 aromatic carbocycles. The first-order valence-electron chi connectivity index (χ1n) is 5.14. The molecule has 0 aromatic heterocycles. The molecule has 0 amide bonds. The second-order valence-corrected chi connectivity index (χ2v) is 4.35. The normalized spacial score (nSPS) is 24.2. The molecule has 2 rings (SSSR count). The average Bonchev–Trinajstić information content (AvgIpc) is 2.92. The Hall–Kier alpha value is -1.24. The minimum Gasteiger partial charge on any atom is -0.327 e.